The molecule has 1 atom stereocenters. The van der Waals surface area contributed by atoms with Crippen LogP contribution in [0.15, 0.2) is 0 Å². The molecule has 2 aliphatic rings. The molecule has 1 heterocycles. The Morgan fingerprint density at radius 1 is 1.18 bits per heavy atom. The lowest BCUT2D eigenvalue weighted by molar-refractivity contribution is 0.172. The van der Waals surface area contributed by atoms with Crippen molar-refractivity contribution >= 4 is 0 Å². The minimum absolute atomic E-state index is 0.745. The first-order valence-corrected chi connectivity index (χ1v) is 7.73. The second-order valence-corrected chi connectivity index (χ2v) is 6.27. The maximum atomic E-state index is 3.60. The van der Waals surface area contributed by atoms with Crippen molar-refractivity contribution in [2.75, 3.05) is 26.2 Å². The predicted octanol–water partition coefficient (Wildman–Crippen LogP) is 2.89. The van der Waals surface area contributed by atoms with Gasteiger partial charge in [0.25, 0.3) is 0 Å². The van der Waals surface area contributed by atoms with Gasteiger partial charge < -0.3 is 10.2 Å². The third-order valence-electron chi connectivity index (χ3n) is 4.82. The molecule has 1 aliphatic heterocycles. The first-order chi connectivity index (χ1) is 8.28. The van der Waals surface area contributed by atoms with Gasteiger partial charge in [0.15, 0.2) is 0 Å². The van der Waals surface area contributed by atoms with Crippen molar-refractivity contribution in [3.63, 3.8) is 0 Å². The summed E-state index contributed by atoms with van der Waals surface area (Å²) in [6.45, 7) is 9.79. The van der Waals surface area contributed by atoms with Crippen LogP contribution in [0.2, 0.25) is 0 Å². The fourth-order valence-electron chi connectivity index (χ4n) is 3.35. The summed E-state index contributed by atoms with van der Waals surface area (Å²) in [6, 6.07) is 0.745. The summed E-state index contributed by atoms with van der Waals surface area (Å²) < 4.78 is 0. The van der Waals surface area contributed by atoms with Gasteiger partial charge in [0.05, 0.1) is 0 Å². The van der Waals surface area contributed by atoms with E-state index < -0.39 is 0 Å². The number of hydrogen-bond donors (Lipinski definition) is 1. The molecule has 2 fully saturated rings. The zero-order valence-corrected chi connectivity index (χ0v) is 11.8. The molecule has 0 bridgehead atoms. The van der Waals surface area contributed by atoms with E-state index in [4.69, 9.17) is 0 Å². The molecule has 100 valence electrons. The summed E-state index contributed by atoms with van der Waals surface area (Å²) in [4.78, 5) is 2.68. The molecular weight excluding hydrogens is 208 g/mol. The lowest BCUT2D eigenvalue weighted by Gasteiger charge is -2.35. The monoisotopic (exact) mass is 238 g/mol. The minimum Gasteiger partial charge on any atom is -0.311 e. The van der Waals surface area contributed by atoms with Crippen molar-refractivity contribution in [2.24, 2.45) is 11.8 Å². The molecule has 0 aromatic carbocycles. The standard InChI is InChI=1S/C15H30N2/c1-3-15-12-17(11-9-16-15)10-8-14-6-4-13(2)5-7-14/h13-16H,3-12H2,1-2H3. The van der Waals surface area contributed by atoms with Gasteiger partial charge in [-0.25, -0.2) is 0 Å². The van der Waals surface area contributed by atoms with Crippen molar-refractivity contribution in [1.29, 1.82) is 0 Å². The number of nitrogens with zero attached hydrogens (tertiary/aromatic N) is 1. The summed E-state index contributed by atoms with van der Waals surface area (Å²) in [6.07, 6.45) is 8.66. The highest BCUT2D eigenvalue weighted by Gasteiger charge is 2.21. The maximum absolute atomic E-state index is 3.60. The molecule has 0 radical (unpaired) electrons. The third-order valence-corrected chi connectivity index (χ3v) is 4.82. The molecule has 0 aromatic heterocycles. The van der Waals surface area contributed by atoms with E-state index in [1.165, 1.54) is 64.7 Å². The van der Waals surface area contributed by atoms with Crippen molar-refractivity contribution in [3.8, 4) is 0 Å². The Balaban J connectivity index is 1.64. The van der Waals surface area contributed by atoms with Crippen LogP contribution in [0, 0.1) is 11.8 Å². The van der Waals surface area contributed by atoms with Crippen LogP contribution in [0.5, 0.6) is 0 Å². The van der Waals surface area contributed by atoms with Gasteiger partial charge in [0.2, 0.25) is 0 Å². The van der Waals surface area contributed by atoms with Crippen LogP contribution >= 0.6 is 0 Å². The van der Waals surface area contributed by atoms with Crippen LogP contribution in [-0.4, -0.2) is 37.1 Å². The predicted molar refractivity (Wildman–Crippen MR) is 74.3 cm³/mol. The Morgan fingerprint density at radius 2 is 1.94 bits per heavy atom. The topological polar surface area (TPSA) is 15.3 Å². The van der Waals surface area contributed by atoms with Crippen molar-refractivity contribution < 1.29 is 0 Å². The molecule has 1 N–H and O–H groups in total. The molecule has 2 rings (SSSR count). The van der Waals surface area contributed by atoms with Crippen LogP contribution in [0.4, 0.5) is 0 Å². The van der Waals surface area contributed by atoms with Crippen LogP contribution in [0.1, 0.15) is 52.4 Å². The lowest BCUT2D eigenvalue weighted by Crippen LogP contribution is -2.50. The fourth-order valence-corrected chi connectivity index (χ4v) is 3.35. The average Bonchev–Trinajstić information content (AvgIpc) is 2.38. The molecule has 1 unspecified atom stereocenters. The summed E-state index contributed by atoms with van der Waals surface area (Å²) in [5.41, 5.74) is 0. The Labute approximate surface area is 107 Å². The average molecular weight is 238 g/mol. The highest BCUT2D eigenvalue weighted by Crippen LogP contribution is 2.30. The normalized spacial score (nSPS) is 36.0. The molecule has 2 nitrogen and oxygen atoms in total. The molecule has 1 aliphatic carbocycles. The Morgan fingerprint density at radius 3 is 2.65 bits per heavy atom. The molecule has 0 aromatic rings. The smallest absolute Gasteiger partial charge is 0.0192 e. The van der Waals surface area contributed by atoms with Crippen molar-refractivity contribution in [1.82, 2.24) is 10.2 Å². The van der Waals surface area contributed by atoms with Crippen LogP contribution in [0.25, 0.3) is 0 Å². The van der Waals surface area contributed by atoms with Gasteiger partial charge in [-0.1, -0.05) is 39.5 Å². The Hall–Kier alpha value is -0.0800. The van der Waals surface area contributed by atoms with Crippen molar-refractivity contribution in [3.05, 3.63) is 0 Å². The van der Waals surface area contributed by atoms with Gasteiger partial charge in [-0.05, 0) is 31.2 Å². The maximum Gasteiger partial charge on any atom is 0.0192 e. The minimum atomic E-state index is 0.745. The SMILES string of the molecule is CCC1CN(CCC2CCC(C)CC2)CCN1. The molecule has 17 heavy (non-hydrogen) atoms. The summed E-state index contributed by atoms with van der Waals surface area (Å²) in [5, 5.41) is 3.60. The number of nitrogens with one attached hydrogen (secondary N) is 1. The number of piperazine rings is 1. The molecule has 2 heteroatoms. The van der Waals surface area contributed by atoms with E-state index >= 15 is 0 Å². The zero-order valence-electron chi connectivity index (χ0n) is 11.8. The first kappa shape index (κ1) is 13.4. The third kappa shape index (κ3) is 4.26. The number of hydrogen-bond acceptors (Lipinski definition) is 2. The van der Waals surface area contributed by atoms with Gasteiger partial charge in [-0.15, -0.1) is 0 Å². The molecular formula is C15H30N2. The van der Waals surface area contributed by atoms with E-state index in [-0.39, 0.29) is 0 Å². The van der Waals surface area contributed by atoms with Gasteiger partial charge in [0.1, 0.15) is 0 Å². The van der Waals surface area contributed by atoms with Crippen LogP contribution in [0.3, 0.4) is 0 Å². The van der Waals surface area contributed by atoms with E-state index in [2.05, 4.69) is 24.1 Å². The van der Waals surface area contributed by atoms with E-state index in [1.807, 2.05) is 0 Å². The fraction of sp³-hybridized carbons (Fsp3) is 1.00. The largest absolute Gasteiger partial charge is 0.311 e. The van der Waals surface area contributed by atoms with E-state index in [9.17, 15) is 0 Å². The quantitative estimate of drug-likeness (QED) is 0.810. The van der Waals surface area contributed by atoms with Gasteiger partial charge >= 0.3 is 0 Å². The first-order valence-electron chi connectivity index (χ1n) is 7.73. The Kier molecular flexibility index (Phi) is 5.30. The molecule has 0 amide bonds. The molecule has 1 saturated carbocycles. The number of rotatable bonds is 4. The van der Waals surface area contributed by atoms with Crippen molar-refractivity contribution in [2.45, 2.75) is 58.4 Å². The van der Waals surface area contributed by atoms with Crippen LogP contribution < -0.4 is 5.32 Å². The second-order valence-electron chi connectivity index (χ2n) is 6.27. The molecule has 0 spiro atoms. The van der Waals surface area contributed by atoms with Gasteiger partial charge in [0, 0.05) is 25.7 Å². The highest BCUT2D eigenvalue weighted by atomic mass is 15.2. The van der Waals surface area contributed by atoms with E-state index in [0.29, 0.717) is 0 Å². The highest BCUT2D eigenvalue weighted by molar-refractivity contribution is 4.78. The lowest BCUT2D eigenvalue weighted by atomic mass is 9.81. The second kappa shape index (κ2) is 6.75. The summed E-state index contributed by atoms with van der Waals surface area (Å²) in [7, 11) is 0. The zero-order chi connectivity index (χ0) is 12.1. The summed E-state index contributed by atoms with van der Waals surface area (Å²) >= 11 is 0. The summed E-state index contributed by atoms with van der Waals surface area (Å²) in [5.74, 6) is 2.02. The van der Waals surface area contributed by atoms with E-state index in [1.54, 1.807) is 0 Å². The van der Waals surface area contributed by atoms with E-state index in [0.717, 1.165) is 17.9 Å². The van der Waals surface area contributed by atoms with Gasteiger partial charge in [-0.3, -0.25) is 0 Å². The van der Waals surface area contributed by atoms with Gasteiger partial charge in [-0.2, -0.15) is 0 Å². The van der Waals surface area contributed by atoms with Crippen LogP contribution in [-0.2, 0) is 0 Å². The Bertz CT molecular complexity index is 209. The molecule has 1 saturated heterocycles.